The maximum absolute atomic E-state index is 13.3. The van der Waals surface area contributed by atoms with E-state index in [-0.39, 0.29) is 5.91 Å². The van der Waals surface area contributed by atoms with E-state index in [4.69, 9.17) is 16.3 Å². The number of hydrogen-bond acceptors (Lipinski definition) is 3. The molecular weight excluding hydrogens is 512 g/mol. The van der Waals surface area contributed by atoms with E-state index >= 15 is 0 Å². The first-order valence-electron chi connectivity index (χ1n) is 14.3. The summed E-state index contributed by atoms with van der Waals surface area (Å²) in [6.45, 7) is 5.61. The standard InChI is InChI=1S/C32H43ClN2O2S/c1-3-4-5-6-7-8-9-10-11-12-13-16-22-37-31-28(19-17-20-29(31)33)32(36)34-30-21-15-14-18-27(30)23-35-25-38-24-26(35)2/h14-15,17-21,24-25H,3-13,16,22-23H2,1-2H3/p+1. The summed E-state index contributed by atoms with van der Waals surface area (Å²) in [6, 6.07) is 13.3. The highest BCUT2D eigenvalue weighted by molar-refractivity contribution is 7.07. The van der Waals surface area contributed by atoms with Gasteiger partial charge in [-0.2, -0.15) is 4.57 Å². The highest BCUT2D eigenvalue weighted by atomic mass is 35.5. The van der Waals surface area contributed by atoms with Gasteiger partial charge in [0.05, 0.1) is 28.3 Å². The Labute approximate surface area is 238 Å². The van der Waals surface area contributed by atoms with Crippen molar-refractivity contribution in [2.45, 2.75) is 97.4 Å². The van der Waals surface area contributed by atoms with Gasteiger partial charge in [0.25, 0.3) is 5.91 Å². The lowest BCUT2D eigenvalue weighted by Gasteiger charge is -2.14. The average molecular weight is 556 g/mol. The molecule has 4 nitrogen and oxygen atoms in total. The molecule has 1 N–H and O–H groups in total. The summed E-state index contributed by atoms with van der Waals surface area (Å²) in [7, 11) is 0. The fourth-order valence-electron chi connectivity index (χ4n) is 4.62. The van der Waals surface area contributed by atoms with Crippen molar-refractivity contribution in [1.82, 2.24) is 0 Å². The summed E-state index contributed by atoms with van der Waals surface area (Å²) in [5.74, 6) is 0.256. The van der Waals surface area contributed by atoms with Crippen LogP contribution in [-0.4, -0.2) is 12.5 Å². The molecule has 0 unspecified atom stereocenters. The van der Waals surface area contributed by atoms with Gasteiger partial charge in [-0.05, 0) is 24.6 Å². The van der Waals surface area contributed by atoms with Gasteiger partial charge in [0.2, 0.25) is 5.51 Å². The zero-order valence-corrected chi connectivity index (χ0v) is 24.7. The number of halogens is 1. The van der Waals surface area contributed by atoms with E-state index in [0.717, 1.165) is 24.1 Å². The van der Waals surface area contributed by atoms with Crippen molar-refractivity contribution in [1.29, 1.82) is 0 Å². The first-order valence-corrected chi connectivity index (χ1v) is 15.6. The van der Waals surface area contributed by atoms with Crippen LogP contribution >= 0.6 is 22.9 Å². The molecular formula is C32H44ClN2O2S+. The molecule has 0 fully saturated rings. The topological polar surface area (TPSA) is 42.2 Å². The molecule has 38 heavy (non-hydrogen) atoms. The number of benzene rings is 2. The Morgan fingerprint density at radius 3 is 2.21 bits per heavy atom. The smallest absolute Gasteiger partial charge is 0.259 e. The van der Waals surface area contributed by atoms with Crippen molar-refractivity contribution >= 4 is 34.5 Å². The van der Waals surface area contributed by atoms with Crippen molar-refractivity contribution in [2.24, 2.45) is 0 Å². The Morgan fingerprint density at radius 2 is 1.55 bits per heavy atom. The van der Waals surface area contributed by atoms with Gasteiger partial charge in [0, 0.05) is 12.5 Å². The summed E-state index contributed by atoms with van der Waals surface area (Å²) < 4.78 is 8.23. The minimum atomic E-state index is -0.211. The molecule has 3 rings (SSSR count). The van der Waals surface area contributed by atoms with Gasteiger partial charge < -0.3 is 10.1 Å². The summed E-state index contributed by atoms with van der Waals surface area (Å²) >= 11 is 8.13. The van der Waals surface area contributed by atoms with Crippen molar-refractivity contribution in [3.05, 3.63) is 75.2 Å². The van der Waals surface area contributed by atoms with Crippen molar-refractivity contribution < 1.29 is 14.1 Å². The molecule has 1 heterocycles. The molecule has 0 bridgehead atoms. The van der Waals surface area contributed by atoms with E-state index in [0.29, 0.717) is 29.5 Å². The highest BCUT2D eigenvalue weighted by Gasteiger charge is 2.18. The lowest BCUT2D eigenvalue weighted by molar-refractivity contribution is -0.689. The van der Waals surface area contributed by atoms with E-state index in [9.17, 15) is 4.79 Å². The van der Waals surface area contributed by atoms with E-state index in [2.05, 4.69) is 34.6 Å². The van der Waals surface area contributed by atoms with Crippen LogP contribution in [0.4, 0.5) is 5.69 Å². The van der Waals surface area contributed by atoms with Gasteiger partial charge in [-0.3, -0.25) is 4.79 Å². The van der Waals surface area contributed by atoms with Gasteiger partial charge in [-0.1, -0.05) is 125 Å². The third-order valence-electron chi connectivity index (χ3n) is 6.94. The Hall–Kier alpha value is -2.37. The third kappa shape index (κ3) is 10.1. The van der Waals surface area contributed by atoms with Crippen LogP contribution in [0.3, 0.4) is 0 Å². The Balaban J connectivity index is 1.44. The number of carbonyl (C=O) groups is 1. The number of anilines is 1. The van der Waals surface area contributed by atoms with Crippen LogP contribution in [-0.2, 0) is 6.54 Å². The number of nitrogens with one attached hydrogen (secondary N) is 1. The van der Waals surface area contributed by atoms with Crippen LogP contribution in [0.2, 0.25) is 5.02 Å². The fraction of sp³-hybridized carbons (Fsp3) is 0.500. The Kier molecular flexibility index (Phi) is 13.7. The number of amides is 1. The average Bonchev–Trinajstić information content (AvgIpc) is 3.32. The monoisotopic (exact) mass is 555 g/mol. The summed E-state index contributed by atoms with van der Waals surface area (Å²) in [5, 5.41) is 5.67. The van der Waals surface area contributed by atoms with Crippen molar-refractivity contribution in [3.8, 4) is 5.75 Å². The number of nitrogens with zero attached hydrogens (tertiary/aromatic N) is 1. The molecule has 2 aromatic carbocycles. The van der Waals surface area contributed by atoms with E-state index in [1.54, 1.807) is 29.5 Å². The fourth-order valence-corrected chi connectivity index (χ4v) is 5.63. The molecule has 1 amide bonds. The second-order valence-electron chi connectivity index (χ2n) is 10.1. The summed E-state index contributed by atoms with van der Waals surface area (Å²) in [5.41, 5.74) is 5.59. The first kappa shape index (κ1) is 30.2. The normalized spacial score (nSPS) is 11.0. The number of para-hydroxylation sites is 2. The number of unbranched alkanes of at least 4 members (excludes halogenated alkanes) is 11. The predicted octanol–water partition coefficient (Wildman–Crippen LogP) is 9.38. The lowest BCUT2D eigenvalue weighted by atomic mass is 10.1. The second-order valence-corrected chi connectivity index (χ2v) is 11.2. The second kappa shape index (κ2) is 17.3. The molecule has 0 spiro atoms. The third-order valence-corrected chi connectivity index (χ3v) is 8.09. The molecule has 3 aromatic rings. The maximum atomic E-state index is 13.3. The van der Waals surface area contributed by atoms with Crippen LogP contribution in [0.5, 0.6) is 5.75 Å². The van der Waals surface area contributed by atoms with Crippen LogP contribution in [0, 0.1) is 6.92 Å². The number of thiazole rings is 1. The zero-order chi connectivity index (χ0) is 27.0. The molecule has 0 saturated heterocycles. The van der Waals surface area contributed by atoms with Gasteiger partial charge in [-0.15, -0.1) is 0 Å². The molecule has 0 aliphatic heterocycles. The number of hydrogen-bond donors (Lipinski definition) is 1. The van der Waals surface area contributed by atoms with Crippen LogP contribution in [0.25, 0.3) is 0 Å². The molecule has 0 saturated carbocycles. The largest absolute Gasteiger partial charge is 0.491 e. The maximum Gasteiger partial charge on any atom is 0.259 e. The SMILES string of the molecule is CCCCCCCCCCCCCCOc1c(Cl)cccc1C(=O)Nc1ccccc1C[n+]1cscc1C. The van der Waals surface area contributed by atoms with Crippen molar-refractivity contribution in [3.63, 3.8) is 0 Å². The molecule has 0 atom stereocenters. The van der Waals surface area contributed by atoms with Gasteiger partial charge in [0.1, 0.15) is 0 Å². The van der Waals surface area contributed by atoms with E-state index < -0.39 is 0 Å². The number of ether oxygens (including phenoxy) is 1. The Morgan fingerprint density at radius 1 is 0.895 bits per heavy atom. The van der Waals surface area contributed by atoms with Gasteiger partial charge >= 0.3 is 0 Å². The lowest BCUT2D eigenvalue weighted by Crippen LogP contribution is -2.34. The Bertz CT molecular complexity index is 1110. The van der Waals surface area contributed by atoms with Crippen LogP contribution < -0.4 is 14.6 Å². The summed E-state index contributed by atoms with van der Waals surface area (Å²) in [4.78, 5) is 13.3. The molecule has 0 radical (unpaired) electrons. The molecule has 6 heteroatoms. The van der Waals surface area contributed by atoms with Crippen LogP contribution in [0.15, 0.2) is 53.4 Å². The molecule has 0 aliphatic carbocycles. The highest BCUT2D eigenvalue weighted by Crippen LogP contribution is 2.30. The predicted molar refractivity (Wildman–Crippen MR) is 161 cm³/mol. The van der Waals surface area contributed by atoms with Gasteiger partial charge in [0.15, 0.2) is 18.0 Å². The van der Waals surface area contributed by atoms with Crippen LogP contribution in [0.1, 0.15) is 106 Å². The quantitative estimate of drug-likeness (QED) is 0.125. The zero-order valence-electron chi connectivity index (χ0n) is 23.1. The number of aryl methyl sites for hydroxylation is 1. The number of rotatable bonds is 18. The summed E-state index contributed by atoms with van der Waals surface area (Å²) in [6.07, 6.45) is 15.6. The van der Waals surface area contributed by atoms with Gasteiger partial charge in [-0.25, -0.2) is 0 Å². The van der Waals surface area contributed by atoms with E-state index in [1.165, 1.54) is 69.9 Å². The first-order chi connectivity index (χ1) is 18.6. The minimum absolute atomic E-state index is 0.211. The van der Waals surface area contributed by atoms with E-state index in [1.807, 2.05) is 24.3 Å². The minimum Gasteiger partial charge on any atom is -0.491 e. The number of carbonyl (C=O) groups excluding carboxylic acids is 1. The molecule has 0 aliphatic rings. The number of aromatic nitrogens is 1. The van der Waals surface area contributed by atoms with Crippen molar-refractivity contribution in [2.75, 3.05) is 11.9 Å². The molecule has 1 aromatic heterocycles. The molecule has 206 valence electrons.